The summed E-state index contributed by atoms with van der Waals surface area (Å²) in [6, 6.07) is 0.834. The van der Waals surface area contributed by atoms with E-state index in [0.29, 0.717) is 6.29 Å². The van der Waals surface area contributed by atoms with Crippen molar-refractivity contribution in [3.8, 4) is 5.75 Å². The van der Waals surface area contributed by atoms with Crippen LogP contribution in [0.15, 0.2) is 6.07 Å². The van der Waals surface area contributed by atoms with E-state index in [2.05, 4.69) is 4.74 Å². The largest absolute Gasteiger partial charge is 0.493 e. The van der Waals surface area contributed by atoms with Crippen molar-refractivity contribution in [2.45, 2.75) is 12.8 Å². The molecule has 1 aromatic rings. The van der Waals surface area contributed by atoms with E-state index in [-0.39, 0.29) is 24.2 Å². The van der Waals surface area contributed by atoms with Crippen LogP contribution in [0.3, 0.4) is 0 Å². The maximum atomic E-state index is 13.1. The third kappa shape index (κ3) is 2.29. The van der Waals surface area contributed by atoms with E-state index >= 15 is 0 Å². The average Bonchev–Trinajstić information content (AvgIpc) is 2.23. The molecular weight excluding hydrogens is 209 g/mol. The Bertz CT molecular complexity index is 377. The first-order chi connectivity index (χ1) is 7.11. The first kappa shape index (κ1) is 11.6. The molecule has 2 nitrogen and oxygen atoms in total. The fourth-order valence-corrected chi connectivity index (χ4v) is 1.25. The second kappa shape index (κ2) is 4.82. The number of aryl methyl sites for hydroxylation is 1. The number of benzene rings is 1. The summed E-state index contributed by atoms with van der Waals surface area (Å²) in [5, 5.41) is 0. The van der Waals surface area contributed by atoms with Gasteiger partial charge < -0.3 is 9.53 Å². The molecule has 1 rings (SSSR count). The summed E-state index contributed by atoms with van der Waals surface area (Å²) < 4.78 is 43.3. The summed E-state index contributed by atoms with van der Waals surface area (Å²) in [6.45, 7) is 0. The molecule has 1 aromatic carbocycles. The Hall–Kier alpha value is -1.52. The van der Waals surface area contributed by atoms with E-state index in [1.165, 1.54) is 0 Å². The van der Waals surface area contributed by atoms with Gasteiger partial charge in [0.2, 0.25) is 5.82 Å². The van der Waals surface area contributed by atoms with Gasteiger partial charge in [-0.25, -0.2) is 8.78 Å². The van der Waals surface area contributed by atoms with Gasteiger partial charge in [-0.1, -0.05) is 0 Å². The van der Waals surface area contributed by atoms with E-state index in [4.69, 9.17) is 0 Å². The van der Waals surface area contributed by atoms with Crippen LogP contribution < -0.4 is 4.74 Å². The summed E-state index contributed by atoms with van der Waals surface area (Å²) in [5.41, 5.74) is 0.140. The molecule has 0 amide bonds. The van der Waals surface area contributed by atoms with Gasteiger partial charge in [-0.2, -0.15) is 4.39 Å². The first-order valence-electron chi connectivity index (χ1n) is 4.25. The summed E-state index contributed by atoms with van der Waals surface area (Å²) in [4.78, 5) is 10.1. The van der Waals surface area contributed by atoms with Crippen LogP contribution >= 0.6 is 0 Å². The van der Waals surface area contributed by atoms with Crippen molar-refractivity contribution in [3.63, 3.8) is 0 Å². The van der Waals surface area contributed by atoms with Crippen LogP contribution in [0.1, 0.15) is 12.0 Å². The molecule has 0 saturated heterocycles. The molecule has 0 bridgehead atoms. The highest BCUT2D eigenvalue weighted by atomic mass is 19.2. The van der Waals surface area contributed by atoms with Gasteiger partial charge in [0.05, 0.1) is 7.11 Å². The number of ether oxygens (including phenoxy) is 1. The smallest absolute Gasteiger partial charge is 0.203 e. The first-order valence-corrected chi connectivity index (χ1v) is 4.25. The molecule has 0 aliphatic carbocycles. The molecule has 82 valence electrons. The molecule has 5 heteroatoms. The van der Waals surface area contributed by atoms with Gasteiger partial charge in [0.15, 0.2) is 17.4 Å². The van der Waals surface area contributed by atoms with E-state index in [1.54, 1.807) is 0 Å². The number of carbonyl (C=O) groups is 1. The van der Waals surface area contributed by atoms with E-state index in [1.807, 2.05) is 0 Å². The summed E-state index contributed by atoms with van der Waals surface area (Å²) >= 11 is 0. The van der Waals surface area contributed by atoms with Gasteiger partial charge in [0, 0.05) is 12.0 Å². The number of rotatable bonds is 4. The van der Waals surface area contributed by atoms with E-state index in [0.717, 1.165) is 13.2 Å². The summed E-state index contributed by atoms with van der Waals surface area (Å²) in [6.07, 6.45) is 0.820. The predicted octanol–water partition coefficient (Wildman–Crippen LogP) is 2.24. The van der Waals surface area contributed by atoms with Gasteiger partial charge in [-0.05, 0) is 12.5 Å². The third-order valence-corrected chi connectivity index (χ3v) is 1.93. The molecule has 0 aliphatic heterocycles. The van der Waals surface area contributed by atoms with Crippen molar-refractivity contribution in [1.29, 1.82) is 0 Å². The lowest BCUT2D eigenvalue weighted by Gasteiger charge is -2.09. The Balaban J connectivity index is 3.19. The lowest BCUT2D eigenvalue weighted by molar-refractivity contribution is -0.107. The second-order valence-electron chi connectivity index (χ2n) is 2.88. The number of carbonyl (C=O) groups excluding carboxylic acids is 1. The fourth-order valence-electron chi connectivity index (χ4n) is 1.25. The maximum absolute atomic E-state index is 13.1. The monoisotopic (exact) mass is 218 g/mol. The highest BCUT2D eigenvalue weighted by Gasteiger charge is 2.18. The Morgan fingerprint density at radius 2 is 2.00 bits per heavy atom. The molecule has 0 N–H and O–H groups in total. The SMILES string of the molecule is COc1c(CCC=O)cc(F)c(F)c1F. The standard InChI is InChI=1S/C10H9F3O2/c1-15-10-6(3-2-4-14)5-7(11)8(12)9(10)13/h4-5H,2-3H2,1H3. The third-order valence-electron chi connectivity index (χ3n) is 1.93. The fraction of sp³-hybridized carbons (Fsp3) is 0.300. The van der Waals surface area contributed by atoms with Crippen LogP contribution in [-0.4, -0.2) is 13.4 Å². The molecule has 0 saturated carbocycles. The van der Waals surface area contributed by atoms with Crippen LogP contribution in [0, 0.1) is 17.5 Å². The summed E-state index contributed by atoms with van der Waals surface area (Å²) in [5.74, 6) is -4.56. The molecule has 0 fully saturated rings. The average molecular weight is 218 g/mol. The zero-order valence-electron chi connectivity index (χ0n) is 8.02. The van der Waals surface area contributed by atoms with Gasteiger partial charge in [-0.3, -0.25) is 0 Å². The Labute approximate surface area is 84.7 Å². The Morgan fingerprint density at radius 1 is 1.33 bits per heavy atom. The second-order valence-corrected chi connectivity index (χ2v) is 2.88. The van der Waals surface area contributed by atoms with E-state index < -0.39 is 17.5 Å². The summed E-state index contributed by atoms with van der Waals surface area (Å²) in [7, 11) is 1.15. The number of hydrogen-bond acceptors (Lipinski definition) is 2. The molecule has 0 spiro atoms. The van der Waals surface area contributed by atoms with Crippen molar-refractivity contribution in [2.24, 2.45) is 0 Å². The lowest BCUT2D eigenvalue weighted by atomic mass is 10.1. The molecular formula is C10H9F3O2. The van der Waals surface area contributed by atoms with Crippen LogP contribution in [-0.2, 0) is 11.2 Å². The minimum atomic E-state index is -1.57. The molecule has 0 aliphatic rings. The van der Waals surface area contributed by atoms with Crippen molar-refractivity contribution in [1.82, 2.24) is 0 Å². The number of halogens is 3. The highest BCUT2D eigenvalue weighted by Crippen LogP contribution is 2.27. The van der Waals surface area contributed by atoms with Crippen molar-refractivity contribution in [2.75, 3.05) is 7.11 Å². The molecule has 0 atom stereocenters. The highest BCUT2D eigenvalue weighted by molar-refractivity contribution is 5.51. The van der Waals surface area contributed by atoms with Crippen LogP contribution in [0.5, 0.6) is 5.75 Å². The molecule has 0 radical (unpaired) electrons. The quantitative estimate of drug-likeness (QED) is 0.572. The Morgan fingerprint density at radius 3 is 2.53 bits per heavy atom. The Kier molecular flexibility index (Phi) is 3.71. The minimum absolute atomic E-state index is 0.0981. The number of methoxy groups -OCH3 is 1. The van der Waals surface area contributed by atoms with Crippen molar-refractivity contribution in [3.05, 3.63) is 29.1 Å². The molecule has 0 unspecified atom stereocenters. The van der Waals surface area contributed by atoms with Gasteiger partial charge in [0.25, 0.3) is 0 Å². The lowest BCUT2D eigenvalue weighted by Crippen LogP contribution is -2.01. The molecule has 0 heterocycles. The van der Waals surface area contributed by atoms with Gasteiger partial charge in [0.1, 0.15) is 6.29 Å². The molecule has 15 heavy (non-hydrogen) atoms. The molecule has 0 aromatic heterocycles. The topological polar surface area (TPSA) is 26.3 Å². The van der Waals surface area contributed by atoms with Gasteiger partial charge >= 0.3 is 0 Å². The zero-order valence-corrected chi connectivity index (χ0v) is 8.02. The normalized spacial score (nSPS) is 10.1. The minimum Gasteiger partial charge on any atom is -0.493 e. The van der Waals surface area contributed by atoms with Crippen molar-refractivity contribution < 1.29 is 22.7 Å². The van der Waals surface area contributed by atoms with Crippen molar-refractivity contribution >= 4 is 6.29 Å². The zero-order chi connectivity index (χ0) is 11.4. The predicted molar refractivity (Wildman–Crippen MR) is 47.3 cm³/mol. The maximum Gasteiger partial charge on any atom is 0.203 e. The van der Waals surface area contributed by atoms with Gasteiger partial charge in [-0.15, -0.1) is 0 Å². The van der Waals surface area contributed by atoms with Crippen LogP contribution in [0.2, 0.25) is 0 Å². The number of aldehydes is 1. The van der Waals surface area contributed by atoms with Crippen LogP contribution in [0.4, 0.5) is 13.2 Å². The van der Waals surface area contributed by atoms with E-state index in [9.17, 15) is 18.0 Å². The van der Waals surface area contributed by atoms with Crippen LogP contribution in [0.25, 0.3) is 0 Å². The number of hydrogen-bond donors (Lipinski definition) is 0.